The van der Waals surface area contributed by atoms with Gasteiger partial charge in [-0.1, -0.05) is 36.4 Å². The fraction of sp³-hybridized carbons (Fsp3) is 0.278. The molecule has 3 heteroatoms. The zero-order valence-electron chi connectivity index (χ0n) is 12.0. The van der Waals surface area contributed by atoms with Gasteiger partial charge in [0.25, 0.3) is 0 Å². The third-order valence-electron chi connectivity index (χ3n) is 3.33. The van der Waals surface area contributed by atoms with Crippen LogP contribution in [-0.4, -0.2) is 6.54 Å². The lowest BCUT2D eigenvalue weighted by atomic mass is 10.0. The summed E-state index contributed by atoms with van der Waals surface area (Å²) in [4.78, 5) is 0. The van der Waals surface area contributed by atoms with E-state index in [2.05, 4.69) is 18.2 Å². The summed E-state index contributed by atoms with van der Waals surface area (Å²) in [6.45, 7) is 0.700. The van der Waals surface area contributed by atoms with Crippen molar-refractivity contribution in [3.8, 4) is 11.8 Å². The van der Waals surface area contributed by atoms with Crippen LogP contribution in [0.4, 0.5) is 0 Å². The predicted molar refractivity (Wildman–Crippen MR) is 83.9 cm³/mol. The number of nitrogens with two attached hydrogens (primary N) is 1. The molecule has 0 fully saturated rings. The van der Waals surface area contributed by atoms with Crippen LogP contribution >= 0.6 is 0 Å². The molecule has 1 atom stereocenters. The molecule has 2 N–H and O–H groups in total. The van der Waals surface area contributed by atoms with Crippen LogP contribution in [0.3, 0.4) is 0 Å². The summed E-state index contributed by atoms with van der Waals surface area (Å²) in [7, 11) is 0. The highest BCUT2D eigenvalue weighted by atomic mass is 16.5. The average molecular weight is 280 g/mol. The maximum atomic E-state index is 8.97. The Hall–Kier alpha value is -2.31. The van der Waals surface area contributed by atoms with Gasteiger partial charge < -0.3 is 10.5 Å². The monoisotopic (exact) mass is 280 g/mol. The van der Waals surface area contributed by atoms with Gasteiger partial charge in [-0.05, 0) is 49.6 Å². The van der Waals surface area contributed by atoms with Crippen molar-refractivity contribution in [3.63, 3.8) is 0 Å². The minimum absolute atomic E-state index is 0.00769. The van der Waals surface area contributed by atoms with Gasteiger partial charge in [-0.25, -0.2) is 0 Å². The zero-order valence-corrected chi connectivity index (χ0v) is 12.0. The first-order valence-electron chi connectivity index (χ1n) is 7.25. The molecule has 0 aliphatic carbocycles. The molecular weight excluding hydrogens is 260 g/mol. The molecule has 0 heterocycles. The fourth-order valence-electron chi connectivity index (χ4n) is 2.24. The number of hydrogen-bond acceptors (Lipinski definition) is 3. The number of unbranched alkanes of at least 4 members (excludes halogenated alkanes) is 1. The second kappa shape index (κ2) is 8.08. The SMILES string of the molecule is N#Cc1cccc(OC(CCCCN)c2ccccc2)c1. The van der Waals surface area contributed by atoms with Gasteiger partial charge in [-0.2, -0.15) is 5.26 Å². The van der Waals surface area contributed by atoms with E-state index in [-0.39, 0.29) is 6.10 Å². The number of benzene rings is 2. The molecule has 2 aromatic carbocycles. The van der Waals surface area contributed by atoms with E-state index in [4.69, 9.17) is 15.7 Å². The quantitative estimate of drug-likeness (QED) is 0.785. The third-order valence-corrected chi connectivity index (χ3v) is 3.33. The molecular formula is C18H20N2O. The molecule has 0 aliphatic rings. The van der Waals surface area contributed by atoms with Crippen LogP contribution in [0.15, 0.2) is 54.6 Å². The summed E-state index contributed by atoms with van der Waals surface area (Å²) in [6.07, 6.45) is 2.92. The van der Waals surface area contributed by atoms with Crippen molar-refractivity contribution in [2.45, 2.75) is 25.4 Å². The maximum Gasteiger partial charge on any atom is 0.124 e. The van der Waals surface area contributed by atoms with E-state index in [0.29, 0.717) is 12.1 Å². The summed E-state index contributed by atoms with van der Waals surface area (Å²) < 4.78 is 6.10. The van der Waals surface area contributed by atoms with E-state index in [0.717, 1.165) is 30.6 Å². The Labute approximate surface area is 126 Å². The number of nitrogens with zero attached hydrogens (tertiary/aromatic N) is 1. The van der Waals surface area contributed by atoms with Crippen LogP contribution in [0.5, 0.6) is 5.75 Å². The van der Waals surface area contributed by atoms with Crippen LogP contribution < -0.4 is 10.5 Å². The highest BCUT2D eigenvalue weighted by Gasteiger charge is 2.13. The standard InChI is InChI=1S/C18H20N2O/c19-12-5-4-11-18(16-8-2-1-3-9-16)21-17-10-6-7-15(13-17)14-20/h1-3,6-10,13,18H,4-5,11-12,19H2. The first kappa shape index (κ1) is 15.1. The first-order chi connectivity index (χ1) is 10.3. The molecule has 0 saturated carbocycles. The van der Waals surface area contributed by atoms with Gasteiger partial charge in [0.15, 0.2) is 0 Å². The number of hydrogen-bond donors (Lipinski definition) is 1. The molecule has 0 spiro atoms. The van der Waals surface area contributed by atoms with E-state index < -0.39 is 0 Å². The Bertz CT molecular complexity index is 590. The second-order valence-electron chi connectivity index (χ2n) is 4.94. The Kier molecular flexibility index (Phi) is 5.81. The highest BCUT2D eigenvalue weighted by Crippen LogP contribution is 2.26. The zero-order chi connectivity index (χ0) is 14.9. The van der Waals surface area contributed by atoms with Gasteiger partial charge in [-0.3, -0.25) is 0 Å². The van der Waals surface area contributed by atoms with Crippen molar-refractivity contribution in [2.75, 3.05) is 6.54 Å². The fourth-order valence-corrected chi connectivity index (χ4v) is 2.24. The summed E-state index contributed by atoms with van der Waals surface area (Å²) >= 11 is 0. The van der Waals surface area contributed by atoms with Gasteiger partial charge in [-0.15, -0.1) is 0 Å². The molecule has 0 aromatic heterocycles. The maximum absolute atomic E-state index is 8.97. The molecule has 2 rings (SSSR count). The smallest absolute Gasteiger partial charge is 0.124 e. The Morgan fingerprint density at radius 2 is 1.86 bits per heavy atom. The minimum atomic E-state index is -0.00769. The molecule has 0 aliphatic heterocycles. The summed E-state index contributed by atoms with van der Waals surface area (Å²) in [6, 6.07) is 19.6. The Morgan fingerprint density at radius 3 is 2.57 bits per heavy atom. The van der Waals surface area contributed by atoms with Crippen molar-refractivity contribution in [3.05, 3.63) is 65.7 Å². The van der Waals surface area contributed by atoms with Crippen molar-refractivity contribution in [1.82, 2.24) is 0 Å². The second-order valence-corrected chi connectivity index (χ2v) is 4.94. The molecule has 2 aromatic rings. The third kappa shape index (κ3) is 4.62. The largest absolute Gasteiger partial charge is 0.486 e. The van der Waals surface area contributed by atoms with E-state index in [1.54, 1.807) is 12.1 Å². The van der Waals surface area contributed by atoms with Crippen LogP contribution in [0.2, 0.25) is 0 Å². The minimum Gasteiger partial charge on any atom is -0.486 e. The Morgan fingerprint density at radius 1 is 1.05 bits per heavy atom. The lowest BCUT2D eigenvalue weighted by molar-refractivity contribution is 0.191. The predicted octanol–water partition coefficient (Wildman–Crippen LogP) is 3.81. The molecule has 0 bridgehead atoms. The first-order valence-corrected chi connectivity index (χ1v) is 7.25. The van der Waals surface area contributed by atoms with Gasteiger partial charge in [0.2, 0.25) is 0 Å². The van der Waals surface area contributed by atoms with Crippen LogP contribution in [-0.2, 0) is 0 Å². The van der Waals surface area contributed by atoms with Crippen LogP contribution in [0.1, 0.15) is 36.5 Å². The molecule has 108 valence electrons. The summed E-state index contributed by atoms with van der Waals surface area (Å²) in [5.41, 5.74) is 7.33. The number of rotatable bonds is 7. The molecule has 0 radical (unpaired) electrons. The van der Waals surface area contributed by atoms with E-state index in [9.17, 15) is 0 Å². The highest BCUT2D eigenvalue weighted by molar-refractivity contribution is 5.36. The van der Waals surface area contributed by atoms with Gasteiger partial charge >= 0.3 is 0 Å². The van der Waals surface area contributed by atoms with Gasteiger partial charge in [0.05, 0.1) is 11.6 Å². The van der Waals surface area contributed by atoms with Crippen LogP contribution in [0, 0.1) is 11.3 Å². The summed E-state index contributed by atoms with van der Waals surface area (Å²) in [5.74, 6) is 0.732. The molecule has 1 unspecified atom stereocenters. The topological polar surface area (TPSA) is 59.0 Å². The van der Waals surface area contributed by atoms with Gasteiger partial charge in [0.1, 0.15) is 11.9 Å². The van der Waals surface area contributed by atoms with Crippen molar-refractivity contribution in [2.24, 2.45) is 5.73 Å². The summed E-state index contributed by atoms with van der Waals surface area (Å²) in [5, 5.41) is 8.97. The lowest BCUT2D eigenvalue weighted by Gasteiger charge is -2.19. The number of nitriles is 1. The number of ether oxygens (including phenoxy) is 1. The molecule has 0 amide bonds. The van der Waals surface area contributed by atoms with Crippen LogP contribution in [0.25, 0.3) is 0 Å². The van der Waals surface area contributed by atoms with Crippen molar-refractivity contribution in [1.29, 1.82) is 5.26 Å². The van der Waals surface area contributed by atoms with E-state index >= 15 is 0 Å². The van der Waals surface area contributed by atoms with E-state index in [1.165, 1.54) is 0 Å². The Balaban J connectivity index is 2.13. The molecule has 0 saturated heterocycles. The van der Waals surface area contributed by atoms with Crippen molar-refractivity contribution < 1.29 is 4.74 Å². The lowest BCUT2D eigenvalue weighted by Crippen LogP contribution is -2.09. The average Bonchev–Trinajstić information content (AvgIpc) is 2.55. The van der Waals surface area contributed by atoms with Crippen molar-refractivity contribution >= 4 is 0 Å². The molecule has 3 nitrogen and oxygen atoms in total. The normalized spacial score (nSPS) is 11.6. The van der Waals surface area contributed by atoms with Gasteiger partial charge in [0, 0.05) is 0 Å². The van der Waals surface area contributed by atoms with E-state index in [1.807, 2.05) is 30.3 Å². The molecule has 21 heavy (non-hydrogen) atoms.